The largest absolute Gasteiger partial charge is 0.496 e. The van der Waals surface area contributed by atoms with Crippen LogP contribution in [-0.2, 0) is 0 Å². The van der Waals surface area contributed by atoms with Crippen molar-refractivity contribution in [1.29, 1.82) is 0 Å². The molecule has 0 aliphatic heterocycles. The van der Waals surface area contributed by atoms with Crippen molar-refractivity contribution in [2.75, 3.05) is 7.11 Å². The van der Waals surface area contributed by atoms with Crippen LogP contribution in [0.4, 0.5) is 0 Å². The molecule has 0 saturated heterocycles. The Hall–Kier alpha value is -0.800. The van der Waals surface area contributed by atoms with Crippen molar-refractivity contribution < 1.29 is 4.74 Å². The summed E-state index contributed by atoms with van der Waals surface area (Å²) in [6.07, 6.45) is 1.68. The molecule has 0 aliphatic rings. The Morgan fingerprint density at radius 2 is 2.31 bits per heavy atom. The number of nitrogens with two attached hydrogens (primary N) is 1. The minimum Gasteiger partial charge on any atom is -0.496 e. The van der Waals surface area contributed by atoms with E-state index < -0.39 is 0 Å². The predicted octanol–water partition coefficient (Wildman–Crippen LogP) is 2.64. The van der Waals surface area contributed by atoms with Crippen LogP contribution in [0, 0.1) is 0 Å². The van der Waals surface area contributed by atoms with E-state index in [1.165, 1.54) is 0 Å². The molecule has 0 spiro atoms. The van der Waals surface area contributed by atoms with Crippen molar-refractivity contribution in [3.63, 3.8) is 0 Å². The maximum absolute atomic E-state index is 5.82. The summed E-state index contributed by atoms with van der Waals surface area (Å²) < 4.78 is 6.16. The van der Waals surface area contributed by atoms with E-state index in [0.717, 1.165) is 15.8 Å². The molecule has 13 heavy (non-hydrogen) atoms. The fourth-order valence-electron chi connectivity index (χ4n) is 1.09. The van der Waals surface area contributed by atoms with Gasteiger partial charge in [0.1, 0.15) is 5.75 Å². The van der Waals surface area contributed by atoms with Gasteiger partial charge in [0.05, 0.1) is 13.2 Å². The Kier molecular flexibility index (Phi) is 3.51. The molecule has 0 amide bonds. The molecule has 1 rings (SSSR count). The monoisotopic (exact) mass is 241 g/mol. The summed E-state index contributed by atoms with van der Waals surface area (Å²) in [6.45, 7) is 3.65. The lowest BCUT2D eigenvalue weighted by molar-refractivity contribution is 0.408. The zero-order chi connectivity index (χ0) is 9.84. The first-order valence-corrected chi connectivity index (χ1v) is 4.70. The topological polar surface area (TPSA) is 35.2 Å². The molecule has 0 radical (unpaired) electrons. The molecule has 70 valence electrons. The highest BCUT2D eigenvalue weighted by atomic mass is 79.9. The molecule has 1 aromatic rings. The molecule has 3 heteroatoms. The van der Waals surface area contributed by atoms with Gasteiger partial charge >= 0.3 is 0 Å². The number of rotatable bonds is 3. The molecular formula is C10H12BrNO. The Balaban J connectivity index is 3.14. The van der Waals surface area contributed by atoms with Gasteiger partial charge in [-0.2, -0.15) is 0 Å². The first-order valence-electron chi connectivity index (χ1n) is 3.90. The van der Waals surface area contributed by atoms with Gasteiger partial charge in [0.2, 0.25) is 0 Å². The van der Waals surface area contributed by atoms with Crippen LogP contribution in [-0.4, -0.2) is 7.11 Å². The fraction of sp³-hybridized carbons (Fsp3) is 0.200. The average molecular weight is 242 g/mol. The van der Waals surface area contributed by atoms with Crippen molar-refractivity contribution in [2.24, 2.45) is 5.73 Å². The van der Waals surface area contributed by atoms with Gasteiger partial charge in [0, 0.05) is 10.0 Å². The normalized spacial score (nSPS) is 12.2. The van der Waals surface area contributed by atoms with Gasteiger partial charge in [0.25, 0.3) is 0 Å². The molecule has 0 saturated carbocycles. The summed E-state index contributed by atoms with van der Waals surface area (Å²) in [6, 6.07) is 5.54. The Labute approximate surface area is 86.5 Å². The third-order valence-electron chi connectivity index (χ3n) is 1.80. The summed E-state index contributed by atoms with van der Waals surface area (Å²) in [5.41, 5.74) is 6.76. The van der Waals surface area contributed by atoms with Crippen molar-refractivity contribution in [2.45, 2.75) is 6.04 Å². The lowest BCUT2D eigenvalue weighted by atomic mass is 10.1. The third-order valence-corrected chi connectivity index (χ3v) is 2.30. The van der Waals surface area contributed by atoms with Crippen LogP contribution in [0.15, 0.2) is 35.3 Å². The fourth-order valence-corrected chi connectivity index (χ4v) is 1.47. The van der Waals surface area contributed by atoms with Crippen molar-refractivity contribution >= 4 is 15.9 Å². The smallest absolute Gasteiger partial charge is 0.124 e. The lowest BCUT2D eigenvalue weighted by Gasteiger charge is -2.12. The first-order chi connectivity index (χ1) is 6.19. The van der Waals surface area contributed by atoms with E-state index in [2.05, 4.69) is 22.5 Å². The maximum atomic E-state index is 5.82. The second-order valence-electron chi connectivity index (χ2n) is 2.65. The van der Waals surface area contributed by atoms with Gasteiger partial charge in [0.15, 0.2) is 0 Å². The minimum atomic E-state index is -0.188. The number of hydrogen-bond acceptors (Lipinski definition) is 2. The van der Waals surface area contributed by atoms with Crippen LogP contribution >= 0.6 is 15.9 Å². The summed E-state index contributed by atoms with van der Waals surface area (Å²) >= 11 is 3.38. The van der Waals surface area contributed by atoms with E-state index in [0.29, 0.717) is 0 Å². The quantitative estimate of drug-likeness (QED) is 0.827. The number of methoxy groups -OCH3 is 1. The van der Waals surface area contributed by atoms with E-state index in [1.54, 1.807) is 13.2 Å². The zero-order valence-corrected chi connectivity index (χ0v) is 9.04. The molecule has 0 aromatic heterocycles. The summed E-state index contributed by atoms with van der Waals surface area (Å²) in [5, 5.41) is 0. The molecule has 1 atom stereocenters. The van der Waals surface area contributed by atoms with Gasteiger partial charge in [-0.3, -0.25) is 0 Å². The minimum absolute atomic E-state index is 0.188. The predicted molar refractivity (Wildman–Crippen MR) is 57.8 cm³/mol. The molecule has 0 bridgehead atoms. The van der Waals surface area contributed by atoms with E-state index in [-0.39, 0.29) is 6.04 Å². The molecule has 2 nitrogen and oxygen atoms in total. The van der Waals surface area contributed by atoms with E-state index >= 15 is 0 Å². The molecular weight excluding hydrogens is 230 g/mol. The van der Waals surface area contributed by atoms with Gasteiger partial charge in [-0.15, -0.1) is 6.58 Å². The number of benzene rings is 1. The van der Waals surface area contributed by atoms with Gasteiger partial charge in [-0.1, -0.05) is 22.0 Å². The standard InChI is InChI=1S/C10H12BrNO/c1-3-9(12)8-6-7(11)4-5-10(8)13-2/h3-6,9H,1,12H2,2H3/t9-/m1/s1. The average Bonchev–Trinajstić information content (AvgIpc) is 2.16. The molecule has 0 heterocycles. The van der Waals surface area contributed by atoms with Crippen LogP contribution in [0.5, 0.6) is 5.75 Å². The second-order valence-corrected chi connectivity index (χ2v) is 3.56. The van der Waals surface area contributed by atoms with Crippen LogP contribution in [0.1, 0.15) is 11.6 Å². The van der Waals surface area contributed by atoms with Gasteiger partial charge in [-0.05, 0) is 18.2 Å². The molecule has 0 unspecified atom stereocenters. The van der Waals surface area contributed by atoms with Crippen molar-refractivity contribution in [3.05, 3.63) is 40.9 Å². The molecule has 0 fully saturated rings. The van der Waals surface area contributed by atoms with Crippen molar-refractivity contribution in [1.82, 2.24) is 0 Å². The Morgan fingerprint density at radius 3 is 2.85 bits per heavy atom. The van der Waals surface area contributed by atoms with E-state index in [4.69, 9.17) is 10.5 Å². The Morgan fingerprint density at radius 1 is 1.62 bits per heavy atom. The van der Waals surface area contributed by atoms with Crippen molar-refractivity contribution in [3.8, 4) is 5.75 Å². The van der Waals surface area contributed by atoms with Crippen LogP contribution in [0.25, 0.3) is 0 Å². The number of halogens is 1. The second kappa shape index (κ2) is 4.44. The summed E-state index contributed by atoms with van der Waals surface area (Å²) in [4.78, 5) is 0. The molecule has 1 aromatic carbocycles. The molecule has 0 aliphatic carbocycles. The van der Waals surface area contributed by atoms with Crippen LogP contribution < -0.4 is 10.5 Å². The maximum Gasteiger partial charge on any atom is 0.124 e. The molecule has 2 N–H and O–H groups in total. The van der Waals surface area contributed by atoms with Crippen LogP contribution in [0.3, 0.4) is 0 Å². The summed E-state index contributed by atoms with van der Waals surface area (Å²) in [5.74, 6) is 0.788. The Bertz CT molecular complexity index is 312. The SMILES string of the molecule is C=C[C@@H](N)c1cc(Br)ccc1OC. The van der Waals surface area contributed by atoms with Gasteiger partial charge in [-0.25, -0.2) is 0 Å². The lowest BCUT2D eigenvalue weighted by Crippen LogP contribution is -2.08. The summed E-state index contributed by atoms with van der Waals surface area (Å²) in [7, 11) is 1.63. The zero-order valence-electron chi connectivity index (χ0n) is 7.46. The number of hydrogen-bond donors (Lipinski definition) is 1. The van der Waals surface area contributed by atoms with Gasteiger partial charge < -0.3 is 10.5 Å². The third kappa shape index (κ3) is 2.32. The van der Waals surface area contributed by atoms with Crippen LogP contribution in [0.2, 0.25) is 0 Å². The highest BCUT2D eigenvalue weighted by molar-refractivity contribution is 9.10. The number of ether oxygens (including phenoxy) is 1. The van der Waals surface area contributed by atoms with E-state index in [9.17, 15) is 0 Å². The highest BCUT2D eigenvalue weighted by Gasteiger charge is 2.08. The van der Waals surface area contributed by atoms with E-state index in [1.807, 2.05) is 18.2 Å². The first kappa shape index (κ1) is 10.3. The highest BCUT2D eigenvalue weighted by Crippen LogP contribution is 2.27.